The Morgan fingerprint density at radius 3 is 2.44 bits per heavy atom. The summed E-state index contributed by atoms with van der Waals surface area (Å²) in [5.74, 6) is 7.06. The molecule has 12 heteroatoms. The van der Waals surface area contributed by atoms with E-state index in [-0.39, 0.29) is 5.54 Å². The molecule has 196 valence electrons. The number of rotatable bonds is 10. The molecule has 4 rings (SSSR count). The molecule has 2 aliphatic rings. The number of alkyl halides is 1. The minimum absolute atomic E-state index is 0.157. The molecule has 0 saturated heterocycles. The van der Waals surface area contributed by atoms with Crippen molar-refractivity contribution in [2.75, 3.05) is 25.6 Å². The molecule has 0 spiro atoms. The summed E-state index contributed by atoms with van der Waals surface area (Å²) < 4.78 is 29.3. The van der Waals surface area contributed by atoms with Crippen LogP contribution in [0.3, 0.4) is 0 Å². The number of anilines is 2. The lowest BCUT2D eigenvalue weighted by Gasteiger charge is -2.35. The van der Waals surface area contributed by atoms with Crippen LogP contribution in [0.1, 0.15) is 37.2 Å². The minimum Gasteiger partial charge on any atom is -0.478 e. The molecule has 2 aliphatic carbocycles. The second kappa shape index (κ2) is 13.8. The van der Waals surface area contributed by atoms with E-state index in [2.05, 4.69) is 28.1 Å². The number of hydrogen-bond acceptors (Lipinski definition) is 10. The van der Waals surface area contributed by atoms with Gasteiger partial charge in [0.15, 0.2) is 0 Å². The number of nitrogens with two attached hydrogens (primary N) is 4. The van der Waals surface area contributed by atoms with Gasteiger partial charge >= 0.3 is 0 Å². The largest absolute Gasteiger partial charge is 0.478 e. The van der Waals surface area contributed by atoms with E-state index in [1.807, 2.05) is 0 Å². The topological polar surface area (TPSA) is 154 Å². The normalized spacial score (nSPS) is 19.4. The second-order valence-corrected chi connectivity index (χ2v) is 9.14. The number of nitrogens with one attached hydrogen (secondary N) is 1. The summed E-state index contributed by atoms with van der Waals surface area (Å²) in [5.41, 5.74) is 12.9. The highest BCUT2D eigenvalue weighted by Gasteiger charge is 2.45. The summed E-state index contributed by atoms with van der Waals surface area (Å²) in [5, 5.41) is 9.92. The molecule has 1 heterocycles. The van der Waals surface area contributed by atoms with Crippen LogP contribution < -0.4 is 27.8 Å². The Bertz CT molecular complexity index is 1010. The van der Waals surface area contributed by atoms with Crippen LogP contribution in [0.4, 0.5) is 20.4 Å². The highest BCUT2D eigenvalue weighted by molar-refractivity contribution is 7.97. The van der Waals surface area contributed by atoms with Crippen molar-refractivity contribution in [3.63, 3.8) is 0 Å². The maximum absolute atomic E-state index is 14.1. The number of halogens is 2. The predicted molar refractivity (Wildman–Crippen MR) is 139 cm³/mol. The van der Waals surface area contributed by atoms with Crippen LogP contribution in [-0.4, -0.2) is 40.8 Å². The molecule has 2 aromatic rings. The fourth-order valence-corrected chi connectivity index (χ4v) is 4.10. The Kier molecular flexibility index (Phi) is 11.2. The van der Waals surface area contributed by atoms with Gasteiger partial charge in [-0.3, -0.25) is 9.53 Å². The van der Waals surface area contributed by atoms with Crippen molar-refractivity contribution in [3.8, 4) is 12.8 Å². The van der Waals surface area contributed by atoms with Crippen molar-refractivity contribution in [2.45, 2.75) is 42.0 Å². The molecule has 0 radical (unpaired) electrons. The van der Waals surface area contributed by atoms with Gasteiger partial charge in [-0.05, 0) is 73.2 Å². The Morgan fingerprint density at radius 2 is 1.92 bits per heavy atom. The highest BCUT2D eigenvalue weighted by Crippen LogP contribution is 2.42. The number of nitrogens with zero attached hydrogens (tertiary/aromatic N) is 3. The standard InChI is InChI=1S/C21H29FN8OS.C2H2.CH3F/c22-17-7-16(32-26)1-2-18(17)29-20-27-8-15(9-28-20)14-5-13(6-14)11-31-19(24)10-30(25)21(12-23)3-4-21;2*1-2/h1-2,7-10,13-14H,3-6,11-12,23-26H2,(H,27,28,29);1-2H;1H3/b19-10+;;. The number of aromatic nitrogens is 2. The van der Waals surface area contributed by atoms with E-state index in [0.717, 1.165) is 43.2 Å². The maximum atomic E-state index is 14.1. The van der Waals surface area contributed by atoms with E-state index >= 15 is 0 Å². The van der Waals surface area contributed by atoms with Crippen molar-refractivity contribution in [1.82, 2.24) is 15.0 Å². The van der Waals surface area contributed by atoms with Gasteiger partial charge < -0.3 is 26.5 Å². The summed E-state index contributed by atoms with van der Waals surface area (Å²) in [4.78, 5) is 9.29. The molecule has 0 atom stereocenters. The highest BCUT2D eigenvalue weighted by atomic mass is 32.2. The summed E-state index contributed by atoms with van der Waals surface area (Å²) >= 11 is 0.994. The minimum atomic E-state index is -0.406. The molecular formula is C24H34F2N8OS. The fraction of sp³-hybridized carbons (Fsp3) is 0.417. The maximum Gasteiger partial charge on any atom is 0.227 e. The van der Waals surface area contributed by atoms with E-state index in [9.17, 15) is 8.78 Å². The SMILES string of the molecule is C#C.CF.NCC1(N(N)/C=C(\N)OCC2CC(c3cnc(Nc4ccc(SN)cc4F)nc3)C2)CC1. The van der Waals surface area contributed by atoms with Gasteiger partial charge in [-0.25, -0.2) is 20.2 Å². The summed E-state index contributed by atoms with van der Waals surface area (Å²) in [6.07, 6.45) is 17.1. The van der Waals surface area contributed by atoms with Crippen LogP contribution in [0.5, 0.6) is 0 Å². The lowest BCUT2D eigenvalue weighted by atomic mass is 9.72. The molecule has 2 saturated carbocycles. The van der Waals surface area contributed by atoms with Crippen LogP contribution in [0.2, 0.25) is 0 Å². The van der Waals surface area contributed by atoms with Crippen LogP contribution in [0, 0.1) is 24.6 Å². The van der Waals surface area contributed by atoms with Crippen molar-refractivity contribution >= 4 is 23.6 Å². The smallest absolute Gasteiger partial charge is 0.227 e. The van der Waals surface area contributed by atoms with Gasteiger partial charge in [0.2, 0.25) is 11.8 Å². The van der Waals surface area contributed by atoms with Gasteiger partial charge in [0.25, 0.3) is 0 Å². The Hall–Kier alpha value is -3.11. The first-order valence-corrected chi connectivity index (χ1v) is 12.1. The van der Waals surface area contributed by atoms with Gasteiger partial charge in [-0.15, -0.1) is 12.8 Å². The molecule has 9 nitrogen and oxygen atoms in total. The zero-order valence-electron chi connectivity index (χ0n) is 20.2. The molecule has 0 amide bonds. The first kappa shape index (κ1) is 29.1. The van der Waals surface area contributed by atoms with Gasteiger partial charge in [-0.2, -0.15) is 0 Å². The number of hydrogen-bond donors (Lipinski definition) is 5. The molecule has 0 aliphatic heterocycles. The van der Waals surface area contributed by atoms with Gasteiger partial charge in [0, 0.05) is 23.8 Å². The molecule has 9 N–H and O–H groups in total. The average Bonchev–Trinajstić information content (AvgIpc) is 3.69. The lowest BCUT2D eigenvalue weighted by molar-refractivity contribution is 0.0996. The summed E-state index contributed by atoms with van der Waals surface area (Å²) in [6, 6.07) is 4.71. The monoisotopic (exact) mass is 520 g/mol. The summed E-state index contributed by atoms with van der Waals surface area (Å²) in [6.45, 7) is 1.04. The van der Waals surface area contributed by atoms with Gasteiger partial charge in [0.05, 0.1) is 31.2 Å². The zero-order valence-corrected chi connectivity index (χ0v) is 21.1. The first-order chi connectivity index (χ1) is 17.4. The van der Waals surface area contributed by atoms with E-state index in [1.165, 1.54) is 6.07 Å². The Morgan fingerprint density at radius 1 is 1.28 bits per heavy atom. The van der Waals surface area contributed by atoms with E-state index in [0.29, 0.717) is 54.6 Å². The molecule has 36 heavy (non-hydrogen) atoms. The zero-order chi connectivity index (χ0) is 26.7. The van der Waals surface area contributed by atoms with Crippen LogP contribution in [0.25, 0.3) is 0 Å². The van der Waals surface area contributed by atoms with Crippen molar-refractivity contribution < 1.29 is 13.5 Å². The predicted octanol–water partition coefficient (Wildman–Crippen LogP) is 3.10. The third kappa shape index (κ3) is 7.44. The molecule has 2 fully saturated rings. The lowest BCUT2D eigenvalue weighted by Crippen LogP contribution is -2.44. The average molecular weight is 521 g/mol. The van der Waals surface area contributed by atoms with E-state index < -0.39 is 5.82 Å². The van der Waals surface area contributed by atoms with Crippen molar-refractivity contribution in [2.24, 2.45) is 28.4 Å². The Balaban J connectivity index is 0.00000109. The number of benzene rings is 1. The van der Waals surface area contributed by atoms with E-state index in [4.69, 9.17) is 27.2 Å². The van der Waals surface area contributed by atoms with Crippen molar-refractivity contribution in [3.05, 3.63) is 54.1 Å². The van der Waals surface area contributed by atoms with E-state index in [1.54, 1.807) is 35.7 Å². The third-order valence-electron chi connectivity index (χ3n) is 6.21. The second-order valence-electron chi connectivity index (χ2n) is 8.44. The Labute approximate surface area is 215 Å². The van der Waals surface area contributed by atoms with Crippen molar-refractivity contribution in [1.29, 1.82) is 0 Å². The third-order valence-corrected chi connectivity index (χ3v) is 6.73. The number of terminal acetylenes is 1. The fourth-order valence-electron chi connectivity index (χ4n) is 3.79. The molecule has 1 aromatic carbocycles. The summed E-state index contributed by atoms with van der Waals surface area (Å²) in [7, 11) is 0.500. The van der Waals surface area contributed by atoms with Gasteiger partial charge in [0.1, 0.15) is 5.82 Å². The molecular weight excluding hydrogens is 486 g/mol. The quantitative estimate of drug-likeness (QED) is 0.104. The van der Waals surface area contributed by atoms with Crippen LogP contribution in [0.15, 0.2) is 47.6 Å². The van der Waals surface area contributed by atoms with Gasteiger partial charge in [-0.1, -0.05) is 0 Å². The first-order valence-electron chi connectivity index (χ1n) is 11.2. The van der Waals surface area contributed by atoms with Crippen LogP contribution in [-0.2, 0) is 4.74 Å². The molecule has 1 aromatic heterocycles. The molecule has 0 unspecified atom stereocenters. The molecule has 0 bridgehead atoms. The number of hydrazine groups is 1. The number of ether oxygens (including phenoxy) is 1. The van der Waals surface area contributed by atoms with Crippen LogP contribution >= 0.6 is 11.9 Å².